The molecule has 0 bridgehead atoms. The van der Waals surface area contributed by atoms with E-state index in [2.05, 4.69) is 17.6 Å². The van der Waals surface area contributed by atoms with Crippen LogP contribution in [0.25, 0.3) is 0 Å². The van der Waals surface area contributed by atoms with Gasteiger partial charge in [-0.05, 0) is 56.8 Å². The van der Waals surface area contributed by atoms with Crippen LogP contribution in [0.3, 0.4) is 0 Å². The molecular formula is C28H49N3O5. The van der Waals surface area contributed by atoms with Crippen molar-refractivity contribution in [1.82, 2.24) is 15.5 Å². The van der Waals surface area contributed by atoms with Crippen molar-refractivity contribution in [3.8, 4) is 0 Å². The third-order valence-corrected chi connectivity index (χ3v) is 6.79. The maximum absolute atomic E-state index is 13.1. The lowest BCUT2D eigenvalue weighted by Gasteiger charge is -2.26. The standard InChI is InChI=1S/C28H49N3O5/c1-6-7-8-11-14-21-15-12-9-10-13-16-22(27(34)31(4)5)19-24(28(35)36)30-26(33)23(17-20(2)3)29-25(32)18-21/h10,13,20-24H,6-9,11-12,14-19H2,1-5H3,(H,29,32)(H,30,33)(H,35,36)/t21?,22?,23-,24-/m0/s1. The molecule has 1 heterocycles. The van der Waals surface area contributed by atoms with E-state index in [1.165, 1.54) is 11.3 Å². The lowest BCUT2D eigenvalue weighted by molar-refractivity contribution is -0.143. The summed E-state index contributed by atoms with van der Waals surface area (Å²) in [5.41, 5.74) is 0. The van der Waals surface area contributed by atoms with E-state index in [0.29, 0.717) is 19.3 Å². The maximum Gasteiger partial charge on any atom is 0.326 e. The molecule has 0 aliphatic carbocycles. The number of hydrogen-bond donors (Lipinski definition) is 3. The van der Waals surface area contributed by atoms with Crippen LogP contribution in [0.5, 0.6) is 0 Å². The van der Waals surface area contributed by atoms with Crippen LogP contribution in [-0.2, 0) is 19.2 Å². The molecule has 0 radical (unpaired) electrons. The van der Waals surface area contributed by atoms with Gasteiger partial charge >= 0.3 is 5.97 Å². The fourth-order valence-electron chi connectivity index (χ4n) is 4.77. The smallest absolute Gasteiger partial charge is 0.326 e. The molecule has 4 atom stereocenters. The first kappa shape index (κ1) is 31.6. The number of aliphatic carboxylic acids is 1. The number of carboxylic acid groups (broad SMARTS) is 1. The summed E-state index contributed by atoms with van der Waals surface area (Å²) < 4.78 is 0. The molecule has 1 aliphatic rings. The largest absolute Gasteiger partial charge is 0.480 e. The van der Waals surface area contributed by atoms with Crippen molar-refractivity contribution < 1.29 is 24.3 Å². The van der Waals surface area contributed by atoms with Crippen molar-refractivity contribution in [2.24, 2.45) is 17.8 Å². The molecule has 0 saturated carbocycles. The SMILES string of the molecule is CCCCCCC1CCCC=CCC(C(=O)N(C)C)C[C@@H](C(=O)O)NC(=O)[C@H](CC(C)C)NC(=O)C1. The van der Waals surface area contributed by atoms with E-state index >= 15 is 0 Å². The van der Waals surface area contributed by atoms with Crippen LogP contribution < -0.4 is 10.6 Å². The van der Waals surface area contributed by atoms with Gasteiger partial charge in [-0.3, -0.25) is 14.4 Å². The number of carboxylic acids is 1. The van der Waals surface area contributed by atoms with Crippen LogP contribution >= 0.6 is 0 Å². The summed E-state index contributed by atoms with van der Waals surface area (Å²) in [6.07, 6.45) is 13.5. The topological polar surface area (TPSA) is 116 Å². The van der Waals surface area contributed by atoms with E-state index in [0.717, 1.165) is 44.9 Å². The summed E-state index contributed by atoms with van der Waals surface area (Å²) in [6, 6.07) is -2.03. The molecule has 1 aliphatic heterocycles. The van der Waals surface area contributed by atoms with Gasteiger partial charge in [0, 0.05) is 26.4 Å². The van der Waals surface area contributed by atoms with Crippen LogP contribution in [0.15, 0.2) is 12.2 Å². The third kappa shape index (κ3) is 12.5. The van der Waals surface area contributed by atoms with Gasteiger partial charge in [0.1, 0.15) is 12.1 Å². The van der Waals surface area contributed by atoms with E-state index < -0.39 is 29.9 Å². The lowest BCUT2D eigenvalue weighted by atomic mass is 9.90. The molecule has 0 aromatic carbocycles. The van der Waals surface area contributed by atoms with Crippen molar-refractivity contribution in [2.45, 2.75) is 110 Å². The van der Waals surface area contributed by atoms with E-state index in [1.807, 2.05) is 26.0 Å². The number of hydrogen-bond acceptors (Lipinski definition) is 4. The number of unbranched alkanes of at least 4 members (excludes halogenated alkanes) is 3. The number of allylic oxidation sites excluding steroid dienone is 2. The van der Waals surface area contributed by atoms with Gasteiger partial charge in [0.25, 0.3) is 0 Å². The Bertz CT molecular complexity index is 735. The number of nitrogens with zero attached hydrogens (tertiary/aromatic N) is 1. The van der Waals surface area contributed by atoms with Crippen molar-refractivity contribution >= 4 is 23.7 Å². The third-order valence-electron chi connectivity index (χ3n) is 6.79. The van der Waals surface area contributed by atoms with Crippen LogP contribution in [0, 0.1) is 17.8 Å². The first-order valence-electron chi connectivity index (χ1n) is 13.7. The lowest BCUT2D eigenvalue weighted by Crippen LogP contribution is -2.53. The minimum Gasteiger partial charge on any atom is -0.480 e. The van der Waals surface area contributed by atoms with Crippen LogP contribution in [0.1, 0.15) is 97.8 Å². The Labute approximate surface area is 217 Å². The fraction of sp³-hybridized carbons (Fsp3) is 0.786. The molecule has 8 heteroatoms. The minimum atomic E-state index is -1.22. The molecular weight excluding hydrogens is 458 g/mol. The number of amides is 3. The predicted molar refractivity (Wildman–Crippen MR) is 142 cm³/mol. The van der Waals surface area contributed by atoms with Gasteiger partial charge in [-0.2, -0.15) is 0 Å². The highest BCUT2D eigenvalue weighted by atomic mass is 16.4. The molecule has 0 aromatic heterocycles. The molecule has 36 heavy (non-hydrogen) atoms. The summed E-state index contributed by atoms with van der Waals surface area (Å²) >= 11 is 0. The predicted octanol–water partition coefficient (Wildman–Crippen LogP) is 4.29. The second kappa shape index (κ2) is 17.1. The van der Waals surface area contributed by atoms with Crippen LogP contribution in [-0.4, -0.2) is 59.9 Å². The Balaban J connectivity index is 3.15. The molecule has 2 unspecified atom stereocenters. The zero-order chi connectivity index (χ0) is 27.1. The Morgan fingerprint density at radius 2 is 1.83 bits per heavy atom. The second-order valence-corrected chi connectivity index (χ2v) is 10.9. The molecule has 1 rings (SSSR count). The fourth-order valence-corrected chi connectivity index (χ4v) is 4.77. The molecule has 0 aromatic rings. The van der Waals surface area contributed by atoms with E-state index in [1.54, 1.807) is 14.1 Å². The number of rotatable bonds is 9. The zero-order valence-electron chi connectivity index (χ0n) is 23.1. The van der Waals surface area contributed by atoms with Crippen molar-refractivity contribution in [2.75, 3.05) is 14.1 Å². The van der Waals surface area contributed by atoms with Gasteiger partial charge in [0.15, 0.2) is 0 Å². The second-order valence-electron chi connectivity index (χ2n) is 10.9. The van der Waals surface area contributed by atoms with Crippen LogP contribution in [0.4, 0.5) is 0 Å². The molecule has 3 amide bonds. The Morgan fingerprint density at radius 3 is 2.44 bits per heavy atom. The molecule has 3 N–H and O–H groups in total. The highest BCUT2D eigenvalue weighted by Crippen LogP contribution is 2.22. The Morgan fingerprint density at radius 1 is 1.11 bits per heavy atom. The van der Waals surface area contributed by atoms with Gasteiger partial charge in [0.05, 0.1) is 0 Å². The van der Waals surface area contributed by atoms with E-state index in [-0.39, 0.29) is 30.1 Å². The molecule has 0 fully saturated rings. The normalized spacial score (nSPS) is 24.7. The average Bonchev–Trinajstić information content (AvgIpc) is 2.80. The highest BCUT2D eigenvalue weighted by molar-refractivity contribution is 5.90. The summed E-state index contributed by atoms with van der Waals surface area (Å²) in [6.45, 7) is 6.10. The first-order chi connectivity index (χ1) is 17.0. The van der Waals surface area contributed by atoms with Gasteiger partial charge < -0.3 is 20.6 Å². The quantitative estimate of drug-likeness (QED) is 0.318. The van der Waals surface area contributed by atoms with E-state index in [4.69, 9.17) is 0 Å². The number of carbonyl (C=O) groups excluding carboxylic acids is 3. The molecule has 0 spiro atoms. The molecule has 206 valence electrons. The number of nitrogens with one attached hydrogen (secondary N) is 2. The van der Waals surface area contributed by atoms with E-state index in [9.17, 15) is 24.3 Å². The van der Waals surface area contributed by atoms with Crippen molar-refractivity contribution in [3.05, 3.63) is 12.2 Å². The van der Waals surface area contributed by atoms with Crippen LogP contribution in [0.2, 0.25) is 0 Å². The summed E-state index contributed by atoms with van der Waals surface area (Å²) in [7, 11) is 3.29. The van der Waals surface area contributed by atoms with Gasteiger partial charge in [-0.25, -0.2) is 4.79 Å². The zero-order valence-corrected chi connectivity index (χ0v) is 23.1. The average molecular weight is 508 g/mol. The first-order valence-corrected chi connectivity index (χ1v) is 13.7. The highest BCUT2D eigenvalue weighted by Gasteiger charge is 2.32. The van der Waals surface area contributed by atoms with Gasteiger partial charge in [-0.15, -0.1) is 0 Å². The summed E-state index contributed by atoms with van der Waals surface area (Å²) in [5.74, 6) is -2.20. The number of carbonyl (C=O) groups is 4. The van der Waals surface area contributed by atoms with Crippen molar-refractivity contribution in [1.29, 1.82) is 0 Å². The maximum atomic E-state index is 13.1. The molecule has 0 saturated heterocycles. The summed E-state index contributed by atoms with van der Waals surface area (Å²) in [5, 5.41) is 15.3. The summed E-state index contributed by atoms with van der Waals surface area (Å²) in [4.78, 5) is 52.4. The Kier molecular flexibility index (Phi) is 15.1. The monoisotopic (exact) mass is 507 g/mol. The molecule has 8 nitrogen and oxygen atoms in total. The Hall–Kier alpha value is -2.38. The van der Waals surface area contributed by atoms with Crippen molar-refractivity contribution in [3.63, 3.8) is 0 Å². The van der Waals surface area contributed by atoms with Gasteiger partial charge in [0.2, 0.25) is 17.7 Å². The minimum absolute atomic E-state index is 0.00932. The van der Waals surface area contributed by atoms with Gasteiger partial charge in [-0.1, -0.05) is 58.6 Å².